The van der Waals surface area contributed by atoms with E-state index in [-0.39, 0.29) is 5.41 Å². The Morgan fingerprint density at radius 1 is 1.29 bits per heavy atom. The van der Waals surface area contributed by atoms with E-state index in [1.807, 2.05) is 18.3 Å². The summed E-state index contributed by atoms with van der Waals surface area (Å²) in [4.78, 5) is 4.10. The number of hydrogen-bond acceptors (Lipinski definition) is 2. The van der Waals surface area contributed by atoms with Crippen molar-refractivity contribution in [2.24, 2.45) is 0 Å². The fourth-order valence-corrected chi connectivity index (χ4v) is 2.27. The Balaban J connectivity index is 2.33. The standard InChI is InChI=1S/C12H14N2/c13-10-12(6-2-1-3-7-12)11-5-4-8-14-9-11/h4-5,8-9H,1-3,6-7H2. The maximum Gasteiger partial charge on any atom is 0.0837 e. The fraction of sp³-hybridized carbons (Fsp3) is 0.500. The highest BCUT2D eigenvalue weighted by molar-refractivity contribution is 5.30. The molecule has 2 nitrogen and oxygen atoms in total. The first-order chi connectivity index (χ1) is 6.87. The summed E-state index contributed by atoms with van der Waals surface area (Å²) in [7, 11) is 0. The van der Waals surface area contributed by atoms with Crippen LogP contribution in [0.3, 0.4) is 0 Å². The van der Waals surface area contributed by atoms with Crippen LogP contribution >= 0.6 is 0 Å². The number of pyridine rings is 1. The monoisotopic (exact) mass is 186 g/mol. The zero-order chi connectivity index (χ0) is 9.86. The third kappa shape index (κ3) is 1.50. The Morgan fingerprint density at radius 3 is 2.64 bits per heavy atom. The third-order valence-corrected chi connectivity index (χ3v) is 3.14. The van der Waals surface area contributed by atoms with Crippen molar-refractivity contribution in [3.63, 3.8) is 0 Å². The third-order valence-electron chi connectivity index (χ3n) is 3.14. The molecule has 0 radical (unpaired) electrons. The molecule has 1 aromatic rings. The van der Waals surface area contributed by atoms with E-state index in [1.54, 1.807) is 6.20 Å². The van der Waals surface area contributed by atoms with Gasteiger partial charge in [0.05, 0.1) is 11.5 Å². The van der Waals surface area contributed by atoms with E-state index < -0.39 is 0 Å². The van der Waals surface area contributed by atoms with Gasteiger partial charge in [0.15, 0.2) is 0 Å². The Kier molecular flexibility index (Phi) is 2.49. The molecule has 1 fully saturated rings. The molecule has 1 aliphatic carbocycles. The molecule has 1 heterocycles. The molecule has 0 unspecified atom stereocenters. The van der Waals surface area contributed by atoms with Gasteiger partial charge < -0.3 is 0 Å². The quantitative estimate of drug-likeness (QED) is 0.676. The number of aromatic nitrogens is 1. The Morgan fingerprint density at radius 2 is 2.07 bits per heavy atom. The van der Waals surface area contributed by atoms with E-state index >= 15 is 0 Å². The zero-order valence-electron chi connectivity index (χ0n) is 8.24. The first-order valence-corrected chi connectivity index (χ1v) is 5.19. The average Bonchev–Trinajstić information content (AvgIpc) is 2.31. The summed E-state index contributed by atoms with van der Waals surface area (Å²) < 4.78 is 0. The smallest absolute Gasteiger partial charge is 0.0837 e. The van der Waals surface area contributed by atoms with Crippen molar-refractivity contribution in [1.82, 2.24) is 4.98 Å². The lowest BCUT2D eigenvalue weighted by Gasteiger charge is -2.30. The van der Waals surface area contributed by atoms with Crippen molar-refractivity contribution in [1.29, 1.82) is 5.26 Å². The summed E-state index contributed by atoms with van der Waals surface area (Å²) in [6.07, 6.45) is 9.20. The highest BCUT2D eigenvalue weighted by Crippen LogP contribution is 2.38. The minimum absolute atomic E-state index is 0.244. The first kappa shape index (κ1) is 9.21. The van der Waals surface area contributed by atoms with Crippen LogP contribution in [0.15, 0.2) is 24.5 Å². The SMILES string of the molecule is N#CC1(c2cccnc2)CCCCC1. The van der Waals surface area contributed by atoms with Crippen molar-refractivity contribution in [2.45, 2.75) is 37.5 Å². The van der Waals surface area contributed by atoms with Gasteiger partial charge in [-0.1, -0.05) is 25.3 Å². The van der Waals surface area contributed by atoms with E-state index in [1.165, 1.54) is 19.3 Å². The minimum atomic E-state index is -0.244. The predicted octanol–water partition coefficient (Wildman–Crippen LogP) is 2.81. The lowest BCUT2D eigenvalue weighted by atomic mass is 9.71. The second-order valence-electron chi connectivity index (χ2n) is 4.00. The largest absolute Gasteiger partial charge is 0.264 e. The zero-order valence-corrected chi connectivity index (χ0v) is 8.24. The molecule has 0 N–H and O–H groups in total. The lowest BCUT2D eigenvalue weighted by Crippen LogP contribution is -2.27. The van der Waals surface area contributed by atoms with E-state index in [0.717, 1.165) is 18.4 Å². The molecule has 0 spiro atoms. The van der Waals surface area contributed by atoms with E-state index in [2.05, 4.69) is 11.1 Å². The number of nitrogens with zero attached hydrogens (tertiary/aromatic N) is 2. The molecular formula is C12H14N2. The van der Waals surface area contributed by atoms with Gasteiger partial charge in [0.1, 0.15) is 0 Å². The molecule has 0 atom stereocenters. The molecule has 2 rings (SSSR count). The molecule has 2 heteroatoms. The van der Waals surface area contributed by atoms with Crippen LogP contribution in [0.5, 0.6) is 0 Å². The summed E-state index contributed by atoms with van der Waals surface area (Å²) in [6, 6.07) is 6.44. The van der Waals surface area contributed by atoms with Crippen molar-refractivity contribution in [3.05, 3.63) is 30.1 Å². The van der Waals surface area contributed by atoms with Crippen LogP contribution in [-0.2, 0) is 5.41 Å². The van der Waals surface area contributed by atoms with Crippen molar-refractivity contribution in [3.8, 4) is 6.07 Å². The molecule has 1 aliphatic rings. The van der Waals surface area contributed by atoms with Gasteiger partial charge in [0.2, 0.25) is 0 Å². The molecule has 72 valence electrons. The molecule has 14 heavy (non-hydrogen) atoms. The van der Waals surface area contributed by atoms with Gasteiger partial charge in [-0.3, -0.25) is 4.98 Å². The number of nitriles is 1. The van der Waals surface area contributed by atoms with Crippen LogP contribution in [0, 0.1) is 11.3 Å². The summed E-state index contributed by atoms with van der Waals surface area (Å²) >= 11 is 0. The van der Waals surface area contributed by atoms with Crippen LogP contribution in [0.1, 0.15) is 37.7 Å². The molecule has 1 saturated carbocycles. The molecule has 0 bridgehead atoms. The highest BCUT2D eigenvalue weighted by atomic mass is 14.6. The molecule has 0 saturated heterocycles. The van der Waals surface area contributed by atoms with Gasteiger partial charge in [0.25, 0.3) is 0 Å². The van der Waals surface area contributed by atoms with Gasteiger partial charge in [-0.25, -0.2) is 0 Å². The van der Waals surface area contributed by atoms with E-state index in [0.29, 0.717) is 0 Å². The van der Waals surface area contributed by atoms with Crippen LogP contribution in [0.2, 0.25) is 0 Å². The van der Waals surface area contributed by atoms with E-state index in [4.69, 9.17) is 0 Å². The van der Waals surface area contributed by atoms with Gasteiger partial charge in [0, 0.05) is 12.4 Å². The predicted molar refractivity (Wildman–Crippen MR) is 54.6 cm³/mol. The van der Waals surface area contributed by atoms with Crippen molar-refractivity contribution < 1.29 is 0 Å². The lowest BCUT2D eigenvalue weighted by molar-refractivity contribution is 0.365. The molecular weight excluding hydrogens is 172 g/mol. The van der Waals surface area contributed by atoms with Gasteiger partial charge >= 0.3 is 0 Å². The number of rotatable bonds is 1. The second kappa shape index (κ2) is 3.79. The fourth-order valence-electron chi connectivity index (χ4n) is 2.27. The maximum atomic E-state index is 9.32. The summed E-state index contributed by atoms with van der Waals surface area (Å²) in [6.45, 7) is 0. The van der Waals surface area contributed by atoms with Crippen LogP contribution in [0.25, 0.3) is 0 Å². The molecule has 0 aliphatic heterocycles. The maximum absolute atomic E-state index is 9.32. The Bertz CT molecular complexity index is 331. The first-order valence-electron chi connectivity index (χ1n) is 5.19. The summed E-state index contributed by atoms with van der Waals surface area (Å²) in [5.41, 5.74) is 0.856. The average molecular weight is 186 g/mol. The van der Waals surface area contributed by atoms with Crippen molar-refractivity contribution >= 4 is 0 Å². The second-order valence-corrected chi connectivity index (χ2v) is 4.00. The Labute approximate surface area is 84.6 Å². The van der Waals surface area contributed by atoms with Crippen LogP contribution in [0.4, 0.5) is 0 Å². The molecule has 1 aromatic heterocycles. The normalized spacial score (nSPS) is 19.9. The van der Waals surface area contributed by atoms with Gasteiger partial charge in [-0.05, 0) is 24.5 Å². The summed E-state index contributed by atoms with van der Waals surface area (Å²) in [5, 5.41) is 9.32. The van der Waals surface area contributed by atoms with E-state index in [9.17, 15) is 5.26 Å². The number of hydrogen-bond donors (Lipinski definition) is 0. The minimum Gasteiger partial charge on any atom is -0.264 e. The summed E-state index contributed by atoms with van der Waals surface area (Å²) in [5.74, 6) is 0. The van der Waals surface area contributed by atoms with Crippen molar-refractivity contribution in [2.75, 3.05) is 0 Å². The van der Waals surface area contributed by atoms with Crippen LogP contribution < -0.4 is 0 Å². The van der Waals surface area contributed by atoms with Crippen LogP contribution in [-0.4, -0.2) is 4.98 Å². The molecule has 0 aromatic carbocycles. The highest BCUT2D eigenvalue weighted by Gasteiger charge is 2.33. The van der Waals surface area contributed by atoms with Gasteiger partial charge in [-0.2, -0.15) is 5.26 Å². The Hall–Kier alpha value is -1.36. The molecule has 0 amide bonds. The topological polar surface area (TPSA) is 36.7 Å². The van der Waals surface area contributed by atoms with Gasteiger partial charge in [-0.15, -0.1) is 0 Å².